The highest BCUT2D eigenvalue weighted by molar-refractivity contribution is 5.83. The molecule has 8 nitrogen and oxygen atoms in total. The summed E-state index contributed by atoms with van der Waals surface area (Å²) in [6, 6.07) is 37.6. The molecule has 1 aliphatic rings. The number of hydrogen-bond donors (Lipinski definition) is 1. The first-order valence-corrected chi connectivity index (χ1v) is 15.6. The van der Waals surface area contributed by atoms with Crippen LogP contribution in [0, 0.1) is 13.8 Å². The van der Waals surface area contributed by atoms with Crippen molar-refractivity contribution in [2.24, 2.45) is 0 Å². The van der Waals surface area contributed by atoms with Crippen LogP contribution in [0.3, 0.4) is 0 Å². The lowest BCUT2D eigenvalue weighted by Crippen LogP contribution is -2.50. The molecule has 1 atom stereocenters. The van der Waals surface area contributed by atoms with Gasteiger partial charge < -0.3 is 4.98 Å². The molecule has 0 radical (unpaired) electrons. The molecule has 8 heteroatoms. The second kappa shape index (κ2) is 12.6. The van der Waals surface area contributed by atoms with E-state index in [0.29, 0.717) is 17.9 Å². The van der Waals surface area contributed by atoms with E-state index in [0.717, 1.165) is 53.8 Å². The van der Waals surface area contributed by atoms with Crippen LogP contribution in [0.4, 0.5) is 0 Å². The smallest absolute Gasteiger partial charge is 0.253 e. The minimum Gasteiger partial charge on any atom is -0.321 e. The molecule has 0 saturated carbocycles. The van der Waals surface area contributed by atoms with Crippen molar-refractivity contribution in [2.75, 3.05) is 26.2 Å². The number of tetrazole rings is 1. The molecule has 1 N–H and O–H groups in total. The number of aromatic nitrogens is 5. The molecule has 45 heavy (non-hydrogen) atoms. The molecule has 3 heterocycles. The number of nitrogens with one attached hydrogen (secondary N) is 1. The maximum absolute atomic E-state index is 13.9. The molecule has 4 aromatic carbocycles. The minimum atomic E-state index is -0.410. The van der Waals surface area contributed by atoms with Gasteiger partial charge in [-0.3, -0.25) is 14.6 Å². The zero-order chi connectivity index (χ0) is 30.8. The van der Waals surface area contributed by atoms with Gasteiger partial charge in [0.1, 0.15) is 6.04 Å². The summed E-state index contributed by atoms with van der Waals surface area (Å²) in [5.41, 5.74) is 7.32. The molecule has 226 valence electrons. The lowest BCUT2D eigenvalue weighted by Gasteiger charge is -2.42. The van der Waals surface area contributed by atoms with E-state index in [2.05, 4.69) is 129 Å². The maximum Gasteiger partial charge on any atom is 0.253 e. The van der Waals surface area contributed by atoms with E-state index >= 15 is 0 Å². The first-order chi connectivity index (χ1) is 22.1. The Morgan fingerprint density at radius 1 is 0.733 bits per heavy atom. The van der Waals surface area contributed by atoms with Crippen LogP contribution in [0.1, 0.15) is 51.3 Å². The summed E-state index contributed by atoms with van der Waals surface area (Å²) in [5, 5.41) is 14.1. The first-order valence-electron chi connectivity index (χ1n) is 15.6. The van der Waals surface area contributed by atoms with Crippen LogP contribution in [0.25, 0.3) is 10.9 Å². The molecule has 0 spiro atoms. The van der Waals surface area contributed by atoms with Crippen LogP contribution in [0.2, 0.25) is 0 Å². The van der Waals surface area contributed by atoms with E-state index in [1.165, 1.54) is 11.1 Å². The Morgan fingerprint density at radius 3 is 1.93 bits per heavy atom. The summed E-state index contributed by atoms with van der Waals surface area (Å²) < 4.78 is 1.84. The Kier molecular flexibility index (Phi) is 8.07. The number of aryl methyl sites for hydroxylation is 2. The zero-order valence-corrected chi connectivity index (χ0v) is 25.7. The maximum atomic E-state index is 13.9. The second-order valence-electron chi connectivity index (χ2n) is 11.9. The third kappa shape index (κ3) is 5.82. The van der Waals surface area contributed by atoms with Gasteiger partial charge >= 0.3 is 0 Å². The van der Waals surface area contributed by atoms with Gasteiger partial charge in [0.25, 0.3) is 5.56 Å². The molecule has 1 aliphatic heterocycles. The summed E-state index contributed by atoms with van der Waals surface area (Å²) in [5.74, 6) is 0.670. The Morgan fingerprint density at radius 2 is 1.31 bits per heavy atom. The fraction of sp³-hybridized carbons (Fsp3) is 0.243. The first kappa shape index (κ1) is 28.8. The van der Waals surface area contributed by atoms with E-state index in [-0.39, 0.29) is 11.6 Å². The number of nitrogens with zero attached hydrogens (tertiary/aromatic N) is 6. The Balaban J connectivity index is 1.26. The molecule has 7 rings (SSSR count). The van der Waals surface area contributed by atoms with E-state index in [4.69, 9.17) is 0 Å². The predicted octanol–water partition coefficient (Wildman–Crippen LogP) is 5.68. The second-order valence-corrected chi connectivity index (χ2v) is 11.9. The van der Waals surface area contributed by atoms with Gasteiger partial charge in [-0.2, -0.15) is 0 Å². The predicted molar refractivity (Wildman–Crippen MR) is 177 cm³/mol. The van der Waals surface area contributed by atoms with Gasteiger partial charge in [-0.05, 0) is 63.5 Å². The van der Waals surface area contributed by atoms with Crippen molar-refractivity contribution in [3.05, 3.63) is 159 Å². The number of aromatic amines is 1. The van der Waals surface area contributed by atoms with Gasteiger partial charge in [0.05, 0.1) is 18.1 Å². The van der Waals surface area contributed by atoms with Crippen LogP contribution in [-0.4, -0.2) is 61.2 Å². The van der Waals surface area contributed by atoms with Gasteiger partial charge in [0.15, 0.2) is 5.82 Å². The van der Waals surface area contributed by atoms with E-state index in [9.17, 15) is 4.79 Å². The summed E-state index contributed by atoms with van der Waals surface area (Å²) in [4.78, 5) is 22.0. The highest BCUT2D eigenvalue weighted by Crippen LogP contribution is 2.33. The zero-order valence-electron chi connectivity index (χ0n) is 25.7. The van der Waals surface area contributed by atoms with E-state index in [1.54, 1.807) is 0 Å². The van der Waals surface area contributed by atoms with Crippen LogP contribution >= 0.6 is 0 Å². The lowest BCUT2D eigenvalue weighted by molar-refractivity contribution is 0.0857. The SMILES string of the molecule is Cc1ccc2cc([C@H](c3nnnn3Cc3ccccc3)N3CCN(C(c4ccccc4)c4ccccc4)CC3)c(=O)[nH]c2c1C. The number of H-pyrrole nitrogens is 1. The van der Waals surface area contributed by atoms with Gasteiger partial charge in [0.2, 0.25) is 0 Å². The monoisotopic (exact) mass is 595 g/mol. The number of pyridine rings is 1. The standard InChI is InChI=1S/C37H37N7O/c1-26-18-19-31-24-32(37(45)38-33(31)27(26)2)35(36-39-40-41-44(36)25-28-12-6-3-7-13-28)43-22-20-42(21-23-43)34(29-14-8-4-9-15-29)30-16-10-5-11-17-30/h3-19,24,34-35H,20-23,25H2,1-2H3,(H,38,45)/t35-/m1/s1. The Labute approximate surface area is 263 Å². The van der Waals surface area contributed by atoms with Crippen molar-refractivity contribution < 1.29 is 0 Å². The largest absolute Gasteiger partial charge is 0.321 e. The quantitative estimate of drug-likeness (QED) is 0.244. The Bertz CT molecular complexity index is 1910. The molecule has 6 aromatic rings. The number of piperazine rings is 1. The van der Waals surface area contributed by atoms with Crippen molar-refractivity contribution in [3.8, 4) is 0 Å². The molecule has 0 unspecified atom stereocenters. The third-order valence-corrected chi connectivity index (χ3v) is 9.16. The summed E-state index contributed by atoms with van der Waals surface area (Å²) in [7, 11) is 0. The van der Waals surface area contributed by atoms with Crippen LogP contribution in [0.5, 0.6) is 0 Å². The third-order valence-electron chi connectivity index (χ3n) is 9.16. The van der Waals surface area contributed by atoms with Crippen molar-refractivity contribution in [1.82, 2.24) is 35.0 Å². The van der Waals surface area contributed by atoms with Gasteiger partial charge in [-0.15, -0.1) is 5.10 Å². The average molecular weight is 596 g/mol. The molecular formula is C37H37N7O. The molecule has 0 bridgehead atoms. The fourth-order valence-corrected chi connectivity index (χ4v) is 6.66. The number of benzene rings is 4. The van der Waals surface area contributed by atoms with Crippen LogP contribution in [0.15, 0.2) is 114 Å². The average Bonchev–Trinajstić information content (AvgIpc) is 3.53. The van der Waals surface area contributed by atoms with Crippen molar-refractivity contribution in [3.63, 3.8) is 0 Å². The molecule has 0 aliphatic carbocycles. The van der Waals surface area contributed by atoms with Gasteiger partial charge in [-0.1, -0.05) is 103 Å². The van der Waals surface area contributed by atoms with Gasteiger partial charge in [-0.25, -0.2) is 4.68 Å². The van der Waals surface area contributed by atoms with Crippen LogP contribution in [-0.2, 0) is 6.54 Å². The molecule has 1 fully saturated rings. The van der Waals surface area contributed by atoms with Gasteiger partial charge in [0, 0.05) is 31.7 Å². The normalized spacial score (nSPS) is 15.1. The number of rotatable bonds is 8. The summed E-state index contributed by atoms with van der Waals surface area (Å²) in [6.45, 7) is 7.81. The van der Waals surface area contributed by atoms with Crippen molar-refractivity contribution >= 4 is 10.9 Å². The fourth-order valence-electron chi connectivity index (χ4n) is 6.66. The lowest BCUT2D eigenvalue weighted by atomic mass is 9.95. The van der Waals surface area contributed by atoms with Crippen molar-refractivity contribution in [1.29, 1.82) is 0 Å². The van der Waals surface area contributed by atoms with Crippen LogP contribution < -0.4 is 5.56 Å². The van der Waals surface area contributed by atoms with Crippen molar-refractivity contribution in [2.45, 2.75) is 32.5 Å². The van der Waals surface area contributed by atoms with E-state index < -0.39 is 6.04 Å². The number of fused-ring (bicyclic) bond motifs is 1. The topological polar surface area (TPSA) is 82.9 Å². The summed E-state index contributed by atoms with van der Waals surface area (Å²) >= 11 is 0. The number of hydrogen-bond acceptors (Lipinski definition) is 6. The molecular weight excluding hydrogens is 558 g/mol. The summed E-state index contributed by atoms with van der Waals surface area (Å²) in [6.07, 6.45) is 0. The van der Waals surface area contributed by atoms with E-state index in [1.807, 2.05) is 28.9 Å². The Hall–Kier alpha value is -4.92. The molecule has 1 saturated heterocycles. The molecule has 2 aromatic heterocycles. The molecule has 0 amide bonds. The highest BCUT2D eigenvalue weighted by Gasteiger charge is 2.35. The minimum absolute atomic E-state index is 0.107. The highest BCUT2D eigenvalue weighted by atomic mass is 16.1.